The summed E-state index contributed by atoms with van der Waals surface area (Å²) in [6, 6.07) is 2.07. The number of nitrogens with zero attached hydrogens (tertiary/aromatic N) is 2. The highest BCUT2D eigenvalue weighted by atomic mass is 15.3. The third-order valence-corrected chi connectivity index (χ3v) is 5.70. The molecule has 124 valence electrons. The quantitative estimate of drug-likeness (QED) is 0.845. The van der Waals surface area contributed by atoms with Gasteiger partial charge in [0, 0.05) is 37.8 Å². The van der Waals surface area contributed by atoms with E-state index in [0.29, 0.717) is 17.5 Å². The molecular formula is C18H37N3. The van der Waals surface area contributed by atoms with Gasteiger partial charge < -0.3 is 10.2 Å². The summed E-state index contributed by atoms with van der Waals surface area (Å²) in [6.07, 6.45) is 1.33. The molecule has 0 aromatic carbocycles. The Balaban J connectivity index is 2.14. The van der Waals surface area contributed by atoms with Crippen LogP contribution in [0.25, 0.3) is 0 Å². The summed E-state index contributed by atoms with van der Waals surface area (Å²) in [5.74, 6) is 1.51. The lowest BCUT2D eigenvalue weighted by atomic mass is 9.81. The van der Waals surface area contributed by atoms with Gasteiger partial charge in [-0.2, -0.15) is 0 Å². The second-order valence-corrected chi connectivity index (χ2v) is 8.93. The molecule has 2 aliphatic heterocycles. The van der Waals surface area contributed by atoms with Gasteiger partial charge in [0.2, 0.25) is 0 Å². The molecule has 0 aromatic heterocycles. The van der Waals surface area contributed by atoms with Gasteiger partial charge in [0.25, 0.3) is 0 Å². The summed E-state index contributed by atoms with van der Waals surface area (Å²) >= 11 is 0. The van der Waals surface area contributed by atoms with E-state index in [2.05, 4.69) is 63.7 Å². The van der Waals surface area contributed by atoms with Gasteiger partial charge in [-0.1, -0.05) is 41.5 Å². The Hall–Kier alpha value is -0.120. The Kier molecular flexibility index (Phi) is 5.38. The molecule has 0 bridgehead atoms. The molecule has 0 spiro atoms. The van der Waals surface area contributed by atoms with E-state index in [1.165, 1.54) is 26.1 Å². The minimum atomic E-state index is 0.342. The van der Waals surface area contributed by atoms with Crippen molar-refractivity contribution in [1.29, 1.82) is 0 Å². The number of piperazine rings is 1. The van der Waals surface area contributed by atoms with Gasteiger partial charge in [-0.15, -0.1) is 0 Å². The molecule has 4 atom stereocenters. The maximum absolute atomic E-state index is 3.83. The average Bonchev–Trinajstić information content (AvgIpc) is 2.37. The van der Waals surface area contributed by atoms with Gasteiger partial charge in [-0.25, -0.2) is 0 Å². The van der Waals surface area contributed by atoms with E-state index >= 15 is 0 Å². The highest BCUT2D eigenvalue weighted by molar-refractivity contribution is 4.97. The molecule has 2 rings (SSSR count). The highest BCUT2D eigenvalue weighted by Gasteiger charge is 2.40. The van der Waals surface area contributed by atoms with E-state index in [-0.39, 0.29) is 0 Å². The van der Waals surface area contributed by atoms with Crippen LogP contribution in [-0.2, 0) is 0 Å². The standard InChI is InChI=1S/C18H37N3/c1-13(2)16-10-19-17(18(4,5)6)12-21(16)15-8-9-20(7)11-14(15)3/h13-17,19H,8-12H2,1-7H3. The Bertz CT molecular complexity index is 334. The zero-order valence-corrected chi connectivity index (χ0v) is 15.3. The number of hydrogen-bond donors (Lipinski definition) is 1. The Morgan fingerprint density at radius 3 is 2.33 bits per heavy atom. The molecule has 4 unspecified atom stereocenters. The summed E-state index contributed by atoms with van der Waals surface area (Å²) in [7, 11) is 2.27. The van der Waals surface area contributed by atoms with Crippen LogP contribution in [-0.4, -0.2) is 61.2 Å². The van der Waals surface area contributed by atoms with Crippen molar-refractivity contribution >= 4 is 0 Å². The van der Waals surface area contributed by atoms with E-state index < -0.39 is 0 Å². The zero-order chi connectivity index (χ0) is 15.8. The summed E-state index contributed by atoms with van der Waals surface area (Å²) in [5.41, 5.74) is 0.342. The minimum Gasteiger partial charge on any atom is -0.311 e. The van der Waals surface area contributed by atoms with Crippen molar-refractivity contribution in [2.24, 2.45) is 17.3 Å². The van der Waals surface area contributed by atoms with Crippen LogP contribution in [0.2, 0.25) is 0 Å². The lowest BCUT2D eigenvalue weighted by Crippen LogP contribution is -2.66. The smallest absolute Gasteiger partial charge is 0.0247 e. The molecule has 0 saturated carbocycles. The van der Waals surface area contributed by atoms with Gasteiger partial charge >= 0.3 is 0 Å². The first kappa shape index (κ1) is 17.2. The third kappa shape index (κ3) is 4.00. The molecule has 0 aromatic rings. The minimum absolute atomic E-state index is 0.342. The first-order valence-electron chi connectivity index (χ1n) is 8.87. The van der Waals surface area contributed by atoms with Crippen LogP contribution in [0, 0.1) is 17.3 Å². The molecule has 1 N–H and O–H groups in total. The van der Waals surface area contributed by atoms with Crippen LogP contribution in [0.15, 0.2) is 0 Å². The number of piperidine rings is 1. The summed E-state index contributed by atoms with van der Waals surface area (Å²) in [5, 5.41) is 3.83. The van der Waals surface area contributed by atoms with Gasteiger partial charge in [-0.3, -0.25) is 4.90 Å². The van der Waals surface area contributed by atoms with Crippen LogP contribution in [0.1, 0.15) is 48.0 Å². The molecule has 0 amide bonds. The molecule has 2 aliphatic rings. The van der Waals surface area contributed by atoms with Crippen molar-refractivity contribution in [2.75, 3.05) is 33.2 Å². The van der Waals surface area contributed by atoms with E-state index in [1.54, 1.807) is 0 Å². The molecule has 0 radical (unpaired) electrons. The van der Waals surface area contributed by atoms with Crippen LogP contribution in [0.5, 0.6) is 0 Å². The fourth-order valence-corrected chi connectivity index (χ4v) is 4.21. The normalized spacial score (nSPS) is 37.1. The first-order valence-corrected chi connectivity index (χ1v) is 8.87. The van der Waals surface area contributed by atoms with Crippen LogP contribution < -0.4 is 5.32 Å². The van der Waals surface area contributed by atoms with Crippen LogP contribution in [0.4, 0.5) is 0 Å². The lowest BCUT2D eigenvalue weighted by Gasteiger charge is -2.52. The maximum Gasteiger partial charge on any atom is 0.0247 e. The van der Waals surface area contributed by atoms with E-state index in [1.807, 2.05) is 0 Å². The van der Waals surface area contributed by atoms with Gasteiger partial charge in [0.15, 0.2) is 0 Å². The Morgan fingerprint density at radius 1 is 1.14 bits per heavy atom. The molecule has 2 fully saturated rings. The zero-order valence-electron chi connectivity index (χ0n) is 15.3. The second kappa shape index (κ2) is 6.55. The molecular weight excluding hydrogens is 258 g/mol. The molecule has 21 heavy (non-hydrogen) atoms. The average molecular weight is 296 g/mol. The summed E-state index contributed by atoms with van der Waals surface area (Å²) in [4.78, 5) is 5.36. The van der Waals surface area contributed by atoms with E-state index in [9.17, 15) is 0 Å². The van der Waals surface area contributed by atoms with Gasteiger partial charge in [0.1, 0.15) is 0 Å². The molecule has 3 heteroatoms. The first-order chi connectivity index (χ1) is 9.70. The van der Waals surface area contributed by atoms with Gasteiger partial charge in [0.05, 0.1) is 0 Å². The summed E-state index contributed by atoms with van der Waals surface area (Å²) < 4.78 is 0. The van der Waals surface area contributed by atoms with Crippen LogP contribution in [0.3, 0.4) is 0 Å². The topological polar surface area (TPSA) is 18.5 Å². The van der Waals surface area contributed by atoms with Gasteiger partial charge in [-0.05, 0) is 37.3 Å². The van der Waals surface area contributed by atoms with Crippen molar-refractivity contribution in [3.8, 4) is 0 Å². The highest BCUT2D eigenvalue weighted by Crippen LogP contribution is 2.31. The van der Waals surface area contributed by atoms with Crippen molar-refractivity contribution in [2.45, 2.75) is 66.1 Å². The third-order valence-electron chi connectivity index (χ3n) is 5.70. The Labute approximate surface area is 132 Å². The monoisotopic (exact) mass is 295 g/mol. The van der Waals surface area contributed by atoms with Crippen molar-refractivity contribution in [3.05, 3.63) is 0 Å². The number of nitrogens with one attached hydrogen (secondary N) is 1. The lowest BCUT2D eigenvalue weighted by molar-refractivity contribution is -0.0138. The molecule has 2 saturated heterocycles. The molecule has 3 nitrogen and oxygen atoms in total. The molecule has 2 heterocycles. The van der Waals surface area contributed by atoms with Crippen molar-refractivity contribution in [3.63, 3.8) is 0 Å². The van der Waals surface area contributed by atoms with Crippen molar-refractivity contribution in [1.82, 2.24) is 15.1 Å². The predicted molar refractivity (Wildman–Crippen MR) is 91.6 cm³/mol. The second-order valence-electron chi connectivity index (χ2n) is 8.93. The summed E-state index contributed by atoms with van der Waals surface area (Å²) in [6.45, 7) is 19.2. The van der Waals surface area contributed by atoms with Crippen molar-refractivity contribution < 1.29 is 0 Å². The predicted octanol–water partition coefficient (Wildman–Crippen LogP) is 2.67. The van der Waals surface area contributed by atoms with E-state index in [4.69, 9.17) is 0 Å². The molecule has 0 aliphatic carbocycles. The maximum atomic E-state index is 3.83. The number of hydrogen-bond acceptors (Lipinski definition) is 3. The number of rotatable bonds is 2. The van der Waals surface area contributed by atoms with E-state index in [0.717, 1.165) is 24.4 Å². The van der Waals surface area contributed by atoms with Crippen LogP contribution >= 0.6 is 0 Å². The fourth-order valence-electron chi connectivity index (χ4n) is 4.21. The Morgan fingerprint density at radius 2 is 1.81 bits per heavy atom. The fraction of sp³-hybridized carbons (Fsp3) is 1.00. The largest absolute Gasteiger partial charge is 0.311 e. The SMILES string of the molecule is CC(C)C1CNC(C(C)(C)C)CN1C1CCN(C)CC1C. The number of likely N-dealkylation sites (tertiary alicyclic amines) is 1.